The Morgan fingerprint density at radius 2 is 2.06 bits per heavy atom. The number of carbonyl (C=O) groups is 2. The van der Waals surface area contributed by atoms with Gasteiger partial charge in [-0.3, -0.25) is 14.4 Å². The molecule has 0 aromatic rings. The fourth-order valence-electron chi connectivity index (χ4n) is 1.33. The van der Waals surface area contributed by atoms with Crippen molar-refractivity contribution in [2.24, 2.45) is 0 Å². The van der Waals surface area contributed by atoms with Crippen LogP contribution in [0.2, 0.25) is 0 Å². The van der Waals surface area contributed by atoms with Gasteiger partial charge >= 0.3 is 5.97 Å². The first kappa shape index (κ1) is 16.9. The molecule has 0 heterocycles. The quantitative estimate of drug-likeness (QED) is 0.382. The molecule has 0 spiro atoms. The van der Waals surface area contributed by atoms with Crippen LogP contribution in [0.4, 0.5) is 0 Å². The Hall–Kier alpha value is -1.14. The van der Waals surface area contributed by atoms with Gasteiger partial charge < -0.3 is 10.4 Å². The molecule has 106 valence electrons. The highest BCUT2D eigenvalue weighted by Crippen LogP contribution is 2.00. The Morgan fingerprint density at radius 3 is 2.67 bits per heavy atom. The van der Waals surface area contributed by atoms with E-state index < -0.39 is 5.97 Å². The molecule has 18 heavy (non-hydrogen) atoms. The second-order valence-corrected chi connectivity index (χ2v) is 4.24. The van der Waals surface area contributed by atoms with Crippen LogP contribution in [0.5, 0.6) is 0 Å². The van der Waals surface area contributed by atoms with Gasteiger partial charge in [-0.25, -0.2) is 0 Å². The summed E-state index contributed by atoms with van der Waals surface area (Å²) in [6.45, 7) is 4.39. The highest BCUT2D eigenvalue weighted by Gasteiger charge is 2.07. The number of amides is 1. The molecule has 1 amide bonds. The second kappa shape index (κ2) is 11.0. The lowest BCUT2D eigenvalue weighted by atomic mass is 10.2. The molecular weight excluding hydrogens is 236 g/mol. The summed E-state index contributed by atoms with van der Waals surface area (Å²) in [5.74, 6) is -0.962. The second-order valence-electron chi connectivity index (χ2n) is 4.24. The van der Waals surface area contributed by atoms with Crippen molar-refractivity contribution in [3.63, 3.8) is 0 Å². The third kappa shape index (κ3) is 11.3. The summed E-state index contributed by atoms with van der Waals surface area (Å²) in [5, 5.41) is 11.2. The third-order valence-electron chi connectivity index (χ3n) is 2.39. The van der Waals surface area contributed by atoms with Crippen molar-refractivity contribution in [2.45, 2.75) is 52.1 Å². The topological polar surface area (TPSA) is 87.7 Å². The fourth-order valence-corrected chi connectivity index (χ4v) is 1.33. The van der Waals surface area contributed by atoms with Gasteiger partial charge in [-0.2, -0.15) is 5.48 Å². The van der Waals surface area contributed by atoms with Crippen molar-refractivity contribution >= 4 is 11.9 Å². The minimum absolute atomic E-state index is 0.0137. The molecule has 0 bridgehead atoms. The molecule has 1 atom stereocenters. The molecule has 0 aliphatic heterocycles. The van der Waals surface area contributed by atoms with Crippen LogP contribution < -0.4 is 10.8 Å². The number of carbonyl (C=O) groups excluding carboxylic acids is 1. The smallest absolute Gasteiger partial charge is 0.319 e. The average Bonchev–Trinajstić information content (AvgIpc) is 2.31. The molecule has 0 rings (SSSR count). The summed E-state index contributed by atoms with van der Waals surface area (Å²) in [6, 6.07) is 0. The molecule has 0 saturated carbocycles. The van der Waals surface area contributed by atoms with Crippen molar-refractivity contribution < 1.29 is 19.5 Å². The Labute approximate surface area is 108 Å². The maximum Gasteiger partial charge on any atom is 0.319 e. The Morgan fingerprint density at radius 1 is 1.33 bits per heavy atom. The van der Waals surface area contributed by atoms with Crippen LogP contribution in [-0.2, 0) is 14.4 Å². The Bertz CT molecular complexity index is 246. The van der Waals surface area contributed by atoms with Gasteiger partial charge in [0, 0.05) is 13.0 Å². The van der Waals surface area contributed by atoms with Crippen LogP contribution in [0.3, 0.4) is 0 Å². The summed E-state index contributed by atoms with van der Waals surface area (Å²) in [5.41, 5.74) is 2.34. The highest BCUT2D eigenvalue weighted by molar-refractivity contribution is 5.75. The standard InChI is InChI=1S/C12H24N2O4/c1-3-4-5-8-13-11(15)7-6-10(2)18-14-9-12(16)17/h10,14H,3-9H2,1-2H3,(H,13,15)(H,16,17). The van der Waals surface area contributed by atoms with Crippen LogP contribution in [0.25, 0.3) is 0 Å². The normalized spacial score (nSPS) is 12.1. The van der Waals surface area contributed by atoms with Crippen LogP contribution in [-0.4, -0.2) is 36.2 Å². The van der Waals surface area contributed by atoms with E-state index >= 15 is 0 Å². The fraction of sp³-hybridized carbons (Fsp3) is 0.833. The van der Waals surface area contributed by atoms with Gasteiger partial charge in [0.1, 0.15) is 6.54 Å². The predicted octanol–water partition coefficient (Wildman–Crippen LogP) is 1.07. The van der Waals surface area contributed by atoms with Crippen LogP contribution in [0, 0.1) is 0 Å². The first-order valence-electron chi connectivity index (χ1n) is 6.43. The molecular formula is C12H24N2O4. The number of rotatable bonds is 11. The van der Waals surface area contributed by atoms with E-state index in [9.17, 15) is 9.59 Å². The van der Waals surface area contributed by atoms with Crippen molar-refractivity contribution in [1.29, 1.82) is 0 Å². The van der Waals surface area contributed by atoms with E-state index in [0.717, 1.165) is 25.8 Å². The molecule has 0 aromatic carbocycles. The number of hydrogen-bond donors (Lipinski definition) is 3. The SMILES string of the molecule is CCCCCNC(=O)CCC(C)ONCC(=O)O. The maximum atomic E-state index is 11.4. The molecule has 6 heteroatoms. The predicted molar refractivity (Wildman–Crippen MR) is 68.0 cm³/mol. The van der Waals surface area contributed by atoms with E-state index in [1.54, 1.807) is 6.92 Å². The highest BCUT2D eigenvalue weighted by atomic mass is 16.7. The van der Waals surface area contributed by atoms with E-state index in [1.807, 2.05) is 0 Å². The van der Waals surface area contributed by atoms with E-state index in [0.29, 0.717) is 12.8 Å². The Balaban J connectivity index is 3.44. The lowest BCUT2D eigenvalue weighted by molar-refractivity contribution is -0.140. The first-order valence-corrected chi connectivity index (χ1v) is 6.43. The molecule has 3 N–H and O–H groups in total. The number of aliphatic carboxylic acids is 1. The van der Waals surface area contributed by atoms with Crippen LogP contribution in [0.1, 0.15) is 46.0 Å². The van der Waals surface area contributed by atoms with E-state index in [2.05, 4.69) is 17.7 Å². The minimum atomic E-state index is -0.976. The van der Waals surface area contributed by atoms with Crippen LogP contribution in [0.15, 0.2) is 0 Å². The van der Waals surface area contributed by atoms with E-state index in [4.69, 9.17) is 9.94 Å². The molecule has 6 nitrogen and oxygen atoms in total. The Kier molecular flexibility index (Phi) is 10.3. The van der Waals surface area contributed by atoms with Crippen molar-refractivity contribution in [2.75, 3.05) is 13.1 Å². The zero-order valence-corrected chi connectivity index (χ0v) is 11.2. The average molecular weight is 260 g/mol. The van der Waals surface area contributed by atoms with E-state index in [-0.39, 0.29) is 18.6 Å². The number of carboxylic acid groups (broad SMARTS) is 1. The summed E-state index contributed by atoms with van der Waals surface area (Å²) < 4.78 is 0. The monoisotopic (exact) mass is 260 g/mol. The van der Waals surface area contributed by atoms with Crippen molar-refractivity contribution in [3.05, 3.63) is 0 Å². The van der Waals surface area contributed by atoms with Gasteiger partial charge in [0.25, 0.3) is 0 Å². The van der Waals surface area contributed by atoms with E-state index in [1.165, 1.54) is 0 Å². The minimum Gasteiger partial charge on any atom is -0.480 e. The third-order valence-corrected chi connectivity index (χ3v) is 2.39. The lowest BCUT2D eigenvalue weighted by Crippen LogP contribution is -2.29. The number of unbranched alkanes of at least 4 members (excludes halogenated alkanes) is 2. The zero-order chi connectivity index (χ0) is 13.8. The first-order chi connectivity index (χ1) is 8.56. The van der Waals surface area contributed by atoms with Crippen molar-refractivity contribution in [1.82, 2.24) is 10.8 Å². The number of nitrogens with one attached hydrogen (secondary N) is 2. The summed E-state index contributed by atoms with van der Waals surface area (Å²) >= 11 is 0. The maximum absolute atomic E-state index is 11.4. The van der Waals surface area contributed by atoms with Gasteiger partial charge in [-0.15, -0.1) is 0 Å². The molecule has 0 aromatic heterocycles. The largest absolute Gasteiger partial charge is 0.480 e. The summed E-state index contributed by atoms with van der Waals surface area (Å²) in [7, 11) is 0. The van der Waals surface area contributed by atoms with Gasteiger partial charge in [0.2, 0.25) is 5.91 Å². The summed E-state index contributed by atoms with van der Waals surface area (Å²) in [4.78, 5) is 26.7. The number of hydrogen-bond acceptors (Lipinski definition) is 4. The molecule has 0 aliphatic carbocycles. The van der Waals surface area contributed by atoms with Gasteiger partial charge in [0.05, 0.1) is 6.10 Å². The van der Waals surface area contributed by atoms with Crippen molar-refractivity contribution in [3.8, 4) is 0 Å². The molecule has 0 aliphatic rings. The van der Waals surface area contributed by atoms with Gasteiger partial charge in [-0.05, 0) is 19.8 Å². The lowest BCUT2D eigenvalue weighted by Gasteiger charge is -2.12. The van der Waals surface area contributed by atoms with Gasteiger partial charge in [-0.1, -0.05) is 19.8 Å². The molecule has 1 unspecified atom stereocenters. The molecule has 0 saturated heterocycles. The summed E-state index contributed by atoms with van der Waals surface area (Å²) in [6.07, 6.45) is 4.03. The molecule has 0 radical (unpaired) electrons. The van der Waals surface area contributed by atoms with Gasteiger partial charge in [0.15, 0.2) is 0 Å². The zero-order valence-electron chi connectivity index (χ0n) is 11.2. The molecule has 0 fully saturated rings. The number of hydroxylamine groups is 1. The number of carboxylic acids is 1. The van der Waals surface area contributed by atoms with Crippen LogP contribution >= 0.6 is 0 Å².